The summed E-state index contributed by atoms with van der Waals surface area (Å²) in [4.78, 5) is 12.1. The Balaban J connectivity index is 1.51. The number of aryl methyl sites for hydroxylation is 1. The third-order valence-electron chi connectivity index (χ3n) is 3.99. The molecule has 0 fully saturated rings. The molecular weight excluding hydrogens is 308 g/mol. The van der Waals surface area contributed by atoms with Gasteiger partial charge in [-0.2, -0.15) is 0 Å². The number of amides is 2. The van der Waals surface area contributed by atoms with Gasteiger partial charge in [-0.1, -0.05) is 0 Å². The number of fused-ring (bicyclic) bond motifs is 1. The highest BCUT2D eigenvalue weighted by molar-refractivity contribution is 5.89. The number of furan rings is 1. The van der Waals surface area contributed by atoms with Crippen molar-refractivity contribution in [2.75, 3.05) is 11.9 Å². The topological polar surface area (TPSA) is 83.7 Å². The largest absolute Gasteiger partial charge is 0.493 e. The Labute approximate surface area is 140 Å². The van der Waals surface area contributed by atoms with E-state index in [0.717, 1.165) is 36.4 Å². The number of aliphatic hydroxyl groups excluding tert-OH is 1. The van der Waals surface area contributed by atoms with E-state index in [4.69, 9.17) is 9.15 Å². The molecule has 2 atom stereocenters. The number of hydrogen-bond donors (Lipinski definition) is 3. The maximum atomic E-state index is 12.1. The summed E-state index contributed by atoms with van der Waals surface area (Å²) < 4.78 is 10.7. The summed E-state index contributed by atoms with van der Waals surface area (Å²) in [6.45, 7) is 2.59. The van der Waals surface area contributed by atoms with Crippen LogP contribution in [0, 0.1) is 0 Å². The summed E-state index contributed by atoms with van der Waals surface area (Å²) in [5.74, 6) is 1.39. The first kappa shape index (κ1) is 16.4. The molecular formula is C18H22N2O4. The fourth-order valence-corrected chi connectivity index (χ4v) is 2.82. The molecule has 6 nitrogen and oxygen atoms in total. The van der Waals surface area contributed by atoms with Gasteiger partial charge in [-0.05, 0) is 55.7 Å². The molecule has 3 rings (SSSR count). The fraction of sp³-hybridized carbons (Fsp3) is 0.389. The third-order valence-corrected chi connectivity index (χ3v) is 3.99. The molecule has 0 bridgehead atoms. The van der Waals surface area contributed by atoms with Crippen LogP contribution in [0.2, 0.25) is 0 Å². The number of hydrogen-bond acceptors (Lipinski definition) is 4. The molecule has 2 heterocycles. The van der Waals surface area contributed by atoms with E-state index in [0.29, 0.717) is 12.2 Å². The quantitative estimate of drug-likeness (QED) is 0.786. The maximum Gasteiger partial charge on any atom is 0.319 e. The minimum Gasteiger partial charge on any atom is -0.493 e. The van der Waals surface area contributed by atoms with Gasteiger partial charge in [0.05, 0.1) is 12.9 Å². The normalized spacial score (nSPS) is 15.8. The molecule has 0 radical (unpaired) electrons. The fourth-order valence-electron chi connectivity index (χ4n) is 2.82. The standard InChI is InChI=1S/C18H22N2O4/c1-12(10-15(21)17-5-3-9-24-17)19-18(22)20-14-6-7-16-13(11-14)4-2-8-23-16/h3,5-7,9,11-12,15,21H,2,4,8,10H2,1H3,(H2,19,20,22)/t12-,15+/m0/s1. The summed E-state index contributed by atoms with van der Waals surface area (Å²) >= 11 is 0. The number of benzene rings is 1. The smallest absolute Gasteiger partial charge is 0.319 e. The lowest BCUT2D eigenvalue weighted by atomic mass is 10.1. The van der Waals surface area contributed by atoms with Crippen molar-refractivity contribution in [1.82, 2.24) is 5.32 Å². The highest BCUT2D eigenvalue weighted by Crippen LogP contribution is 2.27. The van der Waals surface area contributed by atoms with Crippen LogP contribution >= 0.6 is 0 Å². The average molecular weight is 330 g/mol. The highest BCUT2D eigenvalue weighted by atomic mass is 16.5. The molecule has 3 N–H and O–H groups in total. The second-order valence-corrected chi connectivity index (χ2v) is 6.04. The van der Waals surface area contributed by atoms with Crippen LogP contribution in [0.25, 0.3) is 0 Å². The zero-order valence-corrected chi connectivity index (χ0v) is 13.6. The first-order chi connectivity index (χ1) is 11.6. The van der Waals surface area contributed by atoms with E-state index in [1.165, 1.54) is 6.26 Å². The summed E-state index contributed by atoms with van der Waals surface area (Å²) in [5.41, 5.74) is 1.84. The summed E-state index contributed by atoms with van der Waals surface area (Å²) in [6, 6.07) is 8.59. The molecule has 2 amide bonds. The van der Waals surface area contributed by atoms with Crippen LogP contribution in [0.5, 0.6) is 5.75 Å². The molecule has 128 valence electrons. The number of ether oxygens (including phenoxy) is 1. The van der Waals surface area contributed by atoms with Crippen molar-refractivity contribution in [3.63, 3.8) is 0 Å². The van der Waals surface area contributed by atoms with Gasteiger partial charge in [0.15, 0.2) is 0 Å². The molecule has 1 aromatic carbocycles. The van der Waals surface area contributed by atoms with Crippen LogP contribution in [0.4, 0.5) is 10.5 Å². The van der Waals surface area contributed by atoms with Crippen molar-refractivity contribution >= 4 is 11.7 Å². The van der Waals surface area contributed by atoms with Crippen molar-refractivity contribution in [2.24, 2.45) is 0 Å². The van der Waals surface area contributed by atoms with Crippen molar-refractivity contribution < 1.29 is 19.1 Å². The molecule has 1 aliphatic heterocycles. The number of carbonyl (C=O) groups is 1. The summed E-state index contributed by atoms with van der Waals surface area (Å²) in [6.07, 6.45) is 3.10. The monoisotopic (exact) mass is 330 g/mol. The van der Waals surface area contributed by atoms with E-state index in [-0.39, 0.29) is 12.1 Å². The lowest BCUT2D eigenvalue weighted by Crippen LogP contribution is -2.37. The lowest BCUT2D eigenvalue weighted by Gasteiger charge is -2.19. The van der Waals surface area contributed by atoms with Crippen LogP contribution in [0.1, 0.15) is 37.2 Å². The average Bonchev–Trinajstić information content (AvgIpc) is 3.09. The molecule has 0 saturated heterocycles. The van der Waals surface area contributed by atoms with Gasteiger partial charge in [-0.25, -0.2) is 4.79 Å². The van der Waals surface area contributed by atoms with Gasteiger partial charge in [0, 0.05) is 18.2 Å². The van der Waals surface area contributed by atoms with E-state index < -0.39 is 6.10 Å². The Morgan fingerprint density at radius 3 is 3.04 bits per heavy atom. The number of urea groups is 1. The van der Waals surface area contributed by atoms with Gasteiger partial charge in [-0.3, -0.25) is 0 Å². The molecule has 2 aromatic rings. The SMILES string of the molecule is C[C@@H](C[C@@H](O)c1ccco1)NC(=O)Nc1ccc2c(c1)CCCO2. The molecule has 0 saturated carbocycles. The third kappa shape index (κ3) is 4.08. The molecule has 6 heteroatoms. The molecule has 1 aliphatic rings. The lowest BCUT2D eigenvalue weighted by molar-refractivity contribution is 0.130. The van der Waals surface area contributed by atoms with Gasteiger partial charge in [-0.15, -0.1) is 0 Å². The van der Waals surface area contributed by atoms with Crippen LogP contribution in [0.15, 0.2) is 41.0 Å². The van der Waals surface area contributed by atoms with Gasteiger partial charge in [0.1, 0.15) is 17.6 Å². The van der Waals surface area contributed by atoms with E-state index >= 15 is 0 Å². The Bertz CT molecular complexity index is 684. The van der Waals surface area contributed by atoms with Crippen molar-refractivity contribution in [3.05, 3.63) is 47.9 Å². The van der Waals surface area contributed by atoms with E-state index in [9.17, 15) is 9.90 Å². The first-order valence-corrected chi connectivity index (χ1v) is 8.16. The Morgan fingerprint density at radius 1 is 1.38 bits per heavy atom. The zero-order valence-electron chi connectivity index (χ0n) is 13.6. The molecule has 0 spiro atoms. The first-order valence-electron chi connectivity index (χ1n) is 8.16. The number of carbonyl (C=O) groups excluding carboxylic acids is 1. The van der Waals surface area contributed by atoms with E-state index in [1.54, 1.807) is 12.1 Å². The van der Waals surface area contributed by atoms with E-state index in [1.807, 2.05) is 25.1 Å². The van der Waals surface area contributed by atoms with E-state index in [2.05, 4.69) is 10.6 Å². The maximum absolute atomic E-state index is 12.1. The Kier molecular flexibility index (Phi) is 5.05. The predicted molar refractivity (Wildman–Crippen MR) is 90.2 cm³/mol. The van der Waals surface area contributed by atoms with Gasteiger partial charge < -0.3 is 24.9 Å². The summed E-state index contributed by atoms with van der Waals surface area (Å²) in [7, 11) is 0. The molecule has 0 aliphatic carbocycles. The van der Waals surface area contributed by atoms with Gasteiger partial charge in [0.2, 0.25) is 0 Å². The van der Waals surface area contributed by atoms with Crippen LogP contribution in [-0.2, 0) is 6.42 Å². The van der Waals surface area contributed by atoms with Crippen LogP contribution in [-0.4, -0.2) is 23.8 Å². The molecule has 1 aromatic heterocycles. The number of aliphatic hydroxyl groups is 1. The summed E-state index contributed by atoms with van der Waals surface area (Å²) in [5, 5.41) is 15.7. The second kappa shape index (κ2) is 7.40. The van der Waals surface area contributed by atoms with Gasteiger partial charge >= 0.3 is 6.03 Å². The van der Waals surface area contributed by atoms with Crippen LogP contribution < -0.4 is 15.4 Å². The zero-order chi connectivity index (χ0) is 16.9. The Morgan fingerprint density at radius 2 is 2.25 bits per heavy atom. The van der Waals surface area contributed by atoms with Crippen molar-refractivity contribution in [3.8, 4) is 5.75 Å². The van der Waals surface area contributed by atoms with Crippen LogP contribution in [0.3, 0.4) is 0 Å². The second-order valence-electron chi connectivity index (χ2n) is 6.04. The van der Waals surface area contributed by atoms with Crippen molar-refractivity contribution in [2.45, 2.75) is 38.3 Å². The predicted octanol–water partition coefficient (Wildman–Crippen LogP) is 3.24. The minimum absolute atomic E-state index is 0.203. The van der Waals surface area contributed by atoms with Crippen molar-refractivity contribution in [1.29, 1.82) is 0 Å². The van der Waals surface area contributed by atoms with Gasteiger partial charge in [0.25, 0.3) is 0 Å². The highest BCUT2D eigenvalue weighted by Gasteiger charge is 2.17. The number of nitrogens with one attached hydrogen (secondary N) is 2. The molecule has 0 unspecified atom stereocenters. The molecule has 24 heavy (non-hydrogen) atoms. The number of anilines is 1. The minimum atomic E-state index is -0.740. The Hall–Kier alpha value is -2.47. The number of rotatable bonds is 5.